The zero-order valence-corrected chi connectivity index (χ0v) is 16.8. The number of aromatic nitrogens is 1. The minimum absolute atomic E-state index is 0.106. The molecule has 0 saturated carbocycles. The van der Waals surface area contributed by atoms with Crippen LogP contribution in [-0.2, 0) is 6.42 Å². The van der Waals surface area contributed by atoms with Gasteiger partial charge in [0.15, 0.2) is 11.5 Å². The SMILES string of the molecule is COc1cc(/C=C2\CC(C)Cc3c2nc2ccccc2c3C(=O)O)cc(Cl)c1O. The van der Waals surface area contributed by atoms with E-state index in [0.717, 1.165) is 23.1 Å². The van der Waals surface area contributed by atoms with Crippen molar-refractivity contribution in [1.29, 1.82) is 0 Å². The van der Waals surface area contributed by atoms with Gasteiger partial charge in [0.1, 0.15) is 0 Å². The Bertz CT molecular complexity index is 1170. The lowest BCUT2D eigenvalue weighted by Crippen LogP contribution is -2.17. The molecule has 0 radical (unpaired) electrons. The number of ether oxygens (including phenoxy) is 1. The Morgan fingerprint density at radius 1 is 1.28 bits per heavy atom. The smallest absolute Gasteiger partial charge is 0.336 e. The van der Waals surface area contributed by atoms with Crippen molar-refractivity contribution in [3.05, 3.63) is 63.8 Å². The highest BCUT2D eigenvalue weighted by molar-refractivity contribution is 6.32. The summed E-state index contributed by atoms with van der Waals surface area (Å²) >= 11 is 6.14. The Balaban J connectivity index is 1.97. The zero-order chi connectivity index (χ0) is 20.7. The highest BCUT2D eigenvalue weighted by atomic mass is 35.5. The van der Waals surface area contributed by atoms with E-state index >= 15 is 0 Å². The van der Waals surface area contributed by atoms with Gasteiger partial charge in [-0.1, -0.05) is 36.7 Å². The highest BCUT2D eigenvalue weighted by Gasteiger charge is 2.28. The number of hydrogen-bond acceptors (Lipinski definition) is 4. The van der Waals surface area contributed by atoms with E-state index in [0.29, 0.717) is 28.6 Å². The fraction of sp³-hybridized carbons (Fsp3) is 0.217. The Kier molecular flexibility index (Phi) is 4.92. The molecule has 1 aromatic heterocycles. The molecule has 2 aromatic carbocycles. The Morgan fingerprint density at radius 2 is 2.03 bits per heavy atom. The number of aromatic hydroxyl groups is 1. The standard InChI is InChI=1S/C23H20ClNO4/c1-12-7-14(9-13-10-17(24)22(26)19(11-13)29-2)21-16(8-12)20(23(27)28)15-5-3-4-6-18(15)25-21/h3-6,9-12,26H,7-8H2,1-2H3,(H,27,28)/b14-9+. The van der Waals surface area contributed by atoms with Crippen molar-refractivity contribution in [3.63, 3.8) is 0 Å². The van der Waals surface area contributed by atoms with Crippen molar-refractivity contribution in [3.8, 4) is 11.5 Å². The third kappa shape index (κ3) is 3.42. The van der Waals surface area contributed by atoms with E-state index in [1.807, 2.05) is 24.3 Å². The maximum absolute atomic E-state index is 12.1. The summed E-state index contributed by atoms with van der Waals surface area (Å²) in [5, 5.41) is 20.8. The molecule has 148 valence electrons. The normalized spacial score (nSPS) is 17.3. The number of phenols is 1. The van der Waals surface area contributed by atoms with Crippen LogP contribution >= 0.6 is 11.6 Å². The molecule has 3 aromatic rings. The van der Waals surface area contributed by atoms with Gasteiger partial charge in [-0.25, -0.2) is 9.78 Å². The average Bonchev–Trinajstić information content (AvgIpc) is 2.68. The number of nitrogens with zero attached hydrogens (tertiary/aromatic N) is 1. The number of phenolic OH excluding ortho intramolecular Hbond substituents is 1. The van der Waals surface area contributed by atoms with Crippen LogP contribution < -0.4 is 4.74 Å². The van der Waals surface area contributed by atoms with Crippen LogP contribution in [-0.4, -0.2) is 28.3 Å². The summed E-state index contributed by atoms with van der Waals surface area (Å²) in [5.74, 6) is -0.496. The van der Waals surface area contributed by atoms with E-state index in [1.165, 1.54) is 7.11 Å². The van der Waals surface area contributed by atoms with Crippen LogP contribution in [0.15, 0.2) is 36.4 Å². The summed E-state index contributed by atoms with van der Waals surface area (Å²) < 4.78 is 5.20. The molecule has 0 fully saturated rings. The molecule has 1 aliphatic carbocycles. The zero-order valence-electron chi connectivity index (χ0n) is 16.1. The van der Waals surface area contributed by atoms with E-state index in [4.69, 9.17) is 21.3 Å². The van der Waals surface area contributed by atoms with Crippen LogP contribution in [0.3, 0.4) is 0 Å². The number of hydrogen-bond donors (Lipinski definition) is 2. The molecule has 0 bridgehead atoms. The lowest BCUT2D eigenvalue weighted by Gasteiger charge is -2.26. The summed E-state index contributed by atoms with van der Waals surface area (Å²) in [6.45, 7) is 2.10. The van der Waals surface area contributed by atoms with E-state index in [1.54, 1.807) is 18.2 Å². The summed E-state index contributed by atoms with van der Waals surface area (Å²) in [6, 6.07) is 10.7. The lowest BCUT2D eigenvalue weighted by molar-refractivity contribution is 0.0697. The number of fused-ring (bicyclic) bond motifs is 2. The number of benzene rings is 2. The largest absolute Gasteiger partial charge is 0.503 e. The molecule has 2 N–H and O–H groups in total. The summed E-state index contributed by atoms with van der Waals surface area (Å²) in [7, 11) is 1.47. The number of methoxy groups -OCH3 is 1. The van der Waals surface area contributed by atoms with Crippen LogP contribution in [0.5, 0.6) is 11.5 Å². The molecule has 1 heterocycles. The van der Waals surface area contributed by atoms with Gasteiger partial charge in [0.2, 0.25) is 0 Å². The molecule has 29 heavy (non-hydrogen) atoms. The fourth-order valence-corrected chi connectivity index (χ4v) is 4.23. The van der Waals surface area contributed by atoms with Gasteiger partial charge >= 0.3 is 5.97 Å². The summed E-state index contributed by atoms with van der Waals surface area (Å²) in [4.78, 5) is 16.9. The first-order chi connectivity index (χ1) is 13.9. The van der Waals surface area contributed by atoms with Crippen LogP contribution in [0, 0.1) is 5.92 Å². The maximum Gasteiger partial charge on any atom is 0.336 e. The highest BCUT2D eigenvalue weighted by Crippen LogP contribution is 2.40. The van der Waals surface area contributed by atoms with Crippen molar-refractivity contribution in [2.24, 2.45) is 5.92 Å². The summed E-state index contributed by atoms with van der Waals surface area (Å²) in [6.07, 6.45) is 3.36. The van der Waals surface area contributed by atoms with Gasteiger partial charge in [0.05, 0.1) is 28.9 Å². The Labute approximate surface area is 173 Å². The van der Waals surface area contributed by atoms with Gasteiger partial charge in [-0.2, -0.15) is 0 Å². The van der Waals surface area contributed by atoms with Crippen molar-refractivity contribution < 1.29 is 19.7 Å². The van der Waals surface area contributed by atoms with Gasteiger partial charge in [-0.3, -0.25) is 0 Å². The summed E-state index contributed by atoms with van der Waals surface area (Å²) in [5.41, 5.74) is 4.15. The third-order valence-electron chi connectivity index (χ3n) is 5.24. The second-order valence-electron chi connectivity index (χ2n) is 7.37. The number of para-hydroxylation sites is 1. The van der Waals surface area contributed by atoms with Crippen molar-refractivity contribution in [2.75, 3.05) is 7.11 Å². The molecular weight excluding hydrogens is 390 g/mol. The third-order valence-corrected chi connectivity index (χ3v) is 5.53. The van der Waals surface area contributed by atoms with E-state index in [2.05, 4.69) is 6.92 Å². The number of aromatic carboxylic acids is 1. The quantitative estimate of drug-likeness (QED) is 0.603. The van der Waals surface area contributed by atoms with Crippen LogP contribution in [0.25, 0.3) is 22.6 Å². The molecule has 1 aliphatic rings. The second-order valence-corrected chi connectivity index (χ2v) is 7.78. The van der Waals surface area contributed by atoms with Gasteiger partial charge in [0, 0.05) is 5.39 Å². The monoisotopic (exact) mass is 409 g/mol. The van der Waals surface area contributed by atoms with Gasteiger partial charge in [0.25, 0.3) is 0 Å². The number of carboxylic acids is 1. The molecule has 1 atom stereocenters. The molecule has 0 aliphatic heterocycles. The molecule has 5 nitrogen and oxygen atoms in total. The maximum atomic E-state index is 12.1. The topological polar surface area (TPSA) is 79.7 Å². The van der Waals surface area contributed by atoms with Gasteiger partial charge in [-0.15, -0.1) is 0 Å². The van der Waals surface area contributed by atoms with E-state index in [-0.39, 0.29) is 22.4 Å². The van der Waals surface area contributed by atoms with Crippen molar-refractivity contribution in [2.45, 2.75) is 19.8 Å². The predicted octanol–water partition coefficient (Wildman–Crippen LogP) is 5.42. The van der Waals surface area contributed by atoms with Crippen molar-refractivity contribution >= 4 is 40.1 Å². The number of halogens is 1. The first-order valence-electron chi connectivity index (χ1n) is 9.31. The molecule has 0 spiro atoms. The Morgan fingerprint density at radius 3 is 2.76 bits per heavy atom. The second kappa shape index (κ2) is 7.41. The van der Waals surface area contributed by atoms with Crippen LogP contribution in [0.1, 0.15) is 40.5 Å². The molecule has 0 saturated heterocycles. The molecule has 6 heteroatoms. The molecule has 0 amide bonds. The number of carboxylic acid groups (broad SMARTS) is 1. The number of allylic oxidation sites excluding steroid dienone is 1. The molecule has 4 rings (SSSR count). The predicted molar refractivity (Wildman–Crippen MR) is 114 cm³/mol. The van der Waals surface area contributed by atoms with Gasteiger partial charge < -0.3 is 14.9 Å². The minimum atomic E-state index is -0.942. The van der Waals surface area contributed by atoms with Crippen molar-refractivity contribution in [1.82, 2.24) is 4.98 Å². The van der Waals surface area contributed by atoms with E-state index < -0.39 is 5.97 Å². The molecule has 1 unspecified atom stereocenters. The van der Waals surface area contributed by atoms with Gasteiger partial charge in [-0.05, 0) is 59.7 Å². The lowest BCUT2D eigenvalue weighted by atomic mass is 9.80. The number of rotatable bonds is 3. The number of pyridine rings is 1. The van der Waals surface area contributed by atoms with E-state index in [9.17, 15) is 15.0 Å². The van der Waals surface area contributed by atoms with Crippen LogP contribution in [0.4, 0.5) is 0 Å². The van der Waals surface area contributed by atoms with Crippen LogP contribution in [0.2, 0.25) is 5.02 Å². The Hall–Kier alpha value is -3.05. The fourth-order valence-electron chi connectivity index (χ4n) is 4.01. The average molecular weight is 410 g/mol. The number of carbonyl (C=O) groups is 1. The minimum Gasteiger partial charge on any atom is -0.503 e. The molecular formula is C23H20ClNO4. The first kappa shape index (κ1) is 19.3. The first-order valence-corrected chi connectivity index (χ1v) is 9.69.